The SMILES string of the molecule is CC(C)C(=O)Nc1cncc(-c2cnc3n[nH]c(-c4cc5c(N6CCN(C)CC6)ccnc5[nH]4)c3c2)c1. The van der Waals surface area contributed by atoms with E-state index in [9.17, 15) is 4.79 Å². The second-order valence-electron chi connectivity index (χ2n) is 9.87. The fourth-order valence-electron chi connectivity index (χ4n) is 4.69. The first-order valence-electron chi connectivity index (χ1n) is 12.5. The molecule has 5 aromatic rings. The number of amides is 1. The highest BCUT2D eigenvalue weighted by atomic mass is 16.1. The molecule has 10 heteroatoms. The standard InChI is InChI=1S/C27H29N9O/c1-16(2)27(37)31-19-10-17(13-28-15-19)18-11-21-24(33-34-26(21)30-14-18)22-12-20-23(4-5-29-25(20)32-22)36-8-6-35(3)7-9-36/h4-5,10-16H,6-9H2,1-3H3,(H,29,32)(H,31,37)(H,30,33,34). The third-order valence-corrected chi connectivity index (χ3v) is 6.90. The zero-order chi connectivity index (χ0) is 25.5. The number of carbonyl (C=O) groups excluding carboxylic acids is 1. The Hall–Kier alpha value is -4.31. The fourth-order valence-corrected chi connectivity index (χ4v) is 4.69. The maximum absolute atomic E-state index is 12.1. The first-order valence-corrected chi connectivity index (χ1v) is 12.5. The van der Waals surface area contributed by atoms with Crippen molar-refractivity contribution >= 4 is 39.3 Å². The van der Waals surface area contributed by atoms with E-state index < -0.39 is 0 Å². The number of aromatic amines is 2. The second-order valence-corrected chi connectivity index (χ2v) is 9.87. The summed E-state index contributed by atoms with van der Waals surface area (Å²) in [4.78, 5) is 33.9. The van der Waals surface area contributed by atoms with Crippen LogP contribution in [0.2, 0.25) is 0 Å². The van der Waals surface area contributed by atoms with Crippen molar-refractivity contribution in [2.45, 2.75) is 13.8 Å². The Morgan fingerprint density at radius 3 is 2.62 bits per heavy atom. The van der Waals surface area contributed by atoms with Gasteiger partial charge in [-0.25, -0.2) is 9.97 Å². The molecule has 37 heavy (non-hydrogen) atoms. The van der Waals surface area contributed by atoms with Gasteiger partial charge in [-0.05, 0) is 31.3 Å². The molecule has 3 N–H and O–H groups in total. The molecule has 10 nitrogen and oxygen atoms in total. The highest BCUT2D eigenvalue weighted by Gasteiger charge is 2.19. The van der Waals surface area contributed by atoms with Crippen LogP contribution >= 0.6 is 0 Å². The third kappa shape index (κ3) is 4.40. The van der Waals surface area contributed by atoms with E-state index in [0.717, 1.165) is 65.1 Å². The molecule has 0 atom stereocenters. The van der Waals surface area contributed by atoms with Crippen molar-refractivity contribution in [3.05, 3.63) is 49.1 Å². The van der Waals surface area contributed by atoms with Gasteiger partial charge in [0.05, 0.1) is 23.3 Å². The molecule has 6 heterocycles. The summed E-state index contributed by atoms with van der Waals surface area (Å²) in [5, 5.41) is 12.5. The Bertz CT molecular complexity index is 1590. The van der Waals surface area contributed by atoms with Gasteiger partial charge in [0.1, 0.15) is 5.65 Å². The lowest BCUT2D eigenvalue weighted by atomic mass is 10.1. The summed E-state index contributed by atoms with van der Waals surface area (Å²) in [6.07, 6.45) is 7.05. The summed E-state index contributed by atoms with van der Waals surface area (Å²) >= 11 is 0. The Balaban J connectivity index is 1.36. The number of fused-ring (bicyclic) bond motifs is 2. The normalized spacial score (nSPS) is 14.6. The van der Waals surface area contributed by atoms with Crippen LogP contribution in [0.5, 0.6) is 0 Å². The average Bonchev–Trinajstić information content (AvgIpc) is 3.53. The molecular formula is C27H29N9O. The number of piperazine rings is 1. The van der Waals surface area contributed by atoms with Crippen molar-refractivity contribution < 1.29 is 4.79 Å². The number of H-pyrrole nitrogens is 2. The fraction of sp³-hybridized carbons (Fsp3) is 0.296. The second kappa shape index (κ2) is 9.29. The van der Waals surface area contributed by atoms with Gasteiger partial charge in [0.2, 0.25) is 5.91 Å². The number of aromatic nitrogens is 6. The number of nitrogens with one attached hydrogen (secondary N) is 3. The van der Waals surface area contributed by atoms with Gasteiger partial charge in [0.25, 0.3) is 0 Å². The van der Waals surface area contributed by atoms with Crippen molar-refractivity contribution in [1.82, 2.24) is 35.0 Å². The summed E-state index contributed by atoms with van der Waals surface area (Å²) in [6, 6.07) is 8.19. The van der Waals surface area contributed by atoms with Crippen molar-refractivity contribution in [2.24, 2.45) is 5.92 Å². The van der Waals surface area contributed by atoms with Crippen molar-refractivity contribution in [1.29, 1.82) is 0 Å². The van der Waals surface area contributed by atoms with Crippen molar-refractivity contribution in [3.8, 4) is 22.5 Å². The monoisotopic (exact) mass is 495 g/mol. The Morgan fingerprint density at radius 2 is 1.81 bits per heavy atom. The summed E-state index contributed by atoms with van der Waals surface area (Å²) in [6.45, 7) is 7.77. The number of nitrogens with zero attached hydrogens (tertiary/aromatic N) is 6. The Morgan fingerprint density at radius 1 is 1.00 bits per heavy atom. The molecule has 1 saturated heterocycles. The number of likely N-dealkylation sites (N-methyl/N-ethyl adjacent to an activating group) is 1. The van der Waals surface area contributed by atoms with Gasteiger partial charge >= 0.3 is 0 Å². The number of rotatable bonds is 5. The van der Waals surface area contributed by atoms with Crippen molar-refractivity contribution in [2.75, 3.05) is 43.4 Å². The molecule has 1 amide bonds. The average molecular weight is 496 g/mol. The summed E-state index contributed by atoms with van der Waals surface area (Å²) in [7, 11) is 2.16. The van der Waals surface area contributed by atoms with Crippen LogP contribution in [0.4, 0.5) is 11.4 Å². The van der Waals surface area contributed by atoms with Gasteiger partial charge in [0, 0.05) is 78.3 Å². The van der Waals surface area contributed by atoms with Crippen LogP contribution in [0.3, 0.4) is 0 Å². The zero-order valence-corrected chi connectivity index (χ0v) is 21.1. The molecule has 0 aromatic carbocycles. The Kier molecular flexibility index (Phi) is 5.80. The van der Waals surface area contributed by atoms with Gasteiger partial charge in [-0.1, -0.05) is 13.8 Å². The molecule has 0 aliphatic carbocycles. The van der Waals surface area contributed by atoms with Crippen LogP contribution in [0.15, 0.2) is 49.1 Å². The quantitative estimate of drug-likeness (QED) is 0.338. The molecule has 0 bridgehead atoms. The smallest absolute Gasteiger partial charge is 0.226 e. The lowest BCUT2D eigenvalue weighted by Gasteiger charge is -2.34. The van der Waals surface area contributed by atoms with Crippen LogP contribution < -0.4 is 10.2 Å². The topological polar surface area (TPSA) is 119 Å². The van der Waals surface area contributed by atoms with Crippen molar-refractivity contribution in [3.63, 3.8) is 0 Å². The molecule has 188 valence electrons. The van der Waals surface area contributed by atoms with E-state index in [1.54, 1.807) is 18.6 Å². The Labute approximate surface area is 214 Å². The molecule has 1 aliphatic heterocycles. The molecule has 1 fully saturated rings. The summed E-state index contributed by atoms with van der Waals surface area (Å²) in [5.74, 6) is -0.161. The molecule has 0 saturated carbocycles. The number of anilines is 2. The van der Waals surface area contributed by atoms with Crippen LogP contribution in [-0.2, 0) is 4.79 Å². The maximum atomic E-state index is 12.1. The minimum absolute atomic E-state index is 0.0481. The van der Waals surface area contributed by atoms with E-state index >= 15 is 0 Å². The number of hydrogen-bond donors (Lipinski definition) is 3. The lowest BCUT2D eigenvalue weighted by Crippen LogP contribution is -2.44. The van der Waals surface area contributed by atoms with E-state index in [4.69, 9.17) is 0 Å². The number of hydrogen-bond acceptors (Lipinski definition) is 7. The minimum Gasteiger partial charge on any atom is -0.368 e. The molecular weight excluding hydrogens is 466 g/mol. The van der Waals surface area contributed by atoms with Gasteiger partial charge in [-0.15, -0.1) is 0 Å². The van der Waals surface area contributed by atoms with Gasteiger partial charge in [-0.2, -0.15) is 5.10 Å². The summed E-state index contributed by atoms with van der Waals surface area (Å²) < 4.78 is 0. The van der Waals surface area contributed by atoms with E-state index in [2.05, 4.69) is 64.4 Å². The highest BCUT2D eigenvalue weighted by molar-refractivity contribution is 5.99. The molecule has 0 spiro atoms. The maximum Gasteiger partial charge on any atom is 0.226 e. The molecule has 6 rings (SSSR count). The number of pyridine rings is 3. The van der Waals surface area contributed by atoms with Gasteiger partial charge in [-0.3, -0.25) is 14.9 Å². The first kappa shape index (κ1) is 23.1. The predicted molar refractivity (Wildman–Crippen MR) is 145 cm³/mol. The van der Waals surface area contributed by atoms with Crippen LogP contribution in [-0.4, -0.2) is 74.2 Å². The van der Waals surface area contributed by atoms with Crippen LogP contribution in [0, 0.1) is 5.92 Å². The van der Waals surface area contributed by atoms with Crippen LogP contribution in [0.25, 0.3) is 44.6 Å². The van der Waals surface area contributed by atoms with Crippen LogP contribution in [0.1, 0.15) is 13.8 Å². The first-order chi connectivity index (χ1) is 18.0. The molecule has 1 aliphatic rings. The van der Waals surface area contributed by atoms with E-state index in [0.29, 0.717) is 11.3 Å². The minimum atomic E-state index is -0.113. The molecule has 0 radical (unpaired) electrons. The largest absolute Gasteiger partial charge is 0.368 e. The van der Waals surface area contributed by atoms with E-state index in [-0.39, 0.29) is 11.8 Å². The summed E-state index contributed by atoms with van der Waals surface area (Å²) in [5.41, 5.74) is 6.81. The van der Waals surface area contributed by atoms with Gasteiger partial charge in [0.15, 0.2) is 5.65 Å². The molecule has 5 aromatic heterocycles. The predicted octanol–water partition coefficient (Wildman–Crippen LogP) is 3.91. The highest BCUT2D eigenvalue weighted by Crippen LogP contribution is 2.34. The third-order valence-electron chi connectivity index (χ3n) is 6.90. The van der Waals surface area contributed by atoms with Gasteiger partial charge < -0.3 is 20.1 Å². The zero-order valence-electron chi connectivity index (χ0n) is 21.1. The van der Waals surface area contributed by atoms with E-state index in [1.165, 1.54) is 5.69 Å². The molecule has 0 unspecified atom stereocenters. The lowest BCUT2D eigenvalue weighted by molar-refractivity contribution is -0.118. The van der Waals surface area contributed by atoms with E-state index in [1.807, 2.05) is 32.2 Å². The number of carbonyl (C=O) groups is 1.